The highest BCUT2D eigenvalue weighted by Gasteiger charge is 1.99. The van der Waals surface area contributed by atoms with E-state index in [9.17, 15) is 4.79 Å². The summed E-state index contributed by atoms with van der Waals surface area (Å²) in [5.74, 6) is 0.758. The molecule has 0 rings (SSSR count). The van der Waals surface area contributed by atoms with Crippen molar-refractivity contribution in [1.82, 2.24) is 5.32 Å². The Morgan fingerprint density at radius 2 is 2.07 bits per heavy atom. The van der Waals surface area contributed by atoms with Crippen LogP contribution in [0.15, 0.2) is 0 Å². The molecule has 84 valence electrons. The van der Waals surface area contributed by atoms with Gasteiger partial charge >= 0.3 is 0 Å². The fourth-order valence-corrected chi connectivity index (χ4v) is 1.32. The van der Waals surface area contributed by atoms with Crippen LogP contribution in [0.4, 0.5) is 0 Å². The monoisotopic (exact) mass is 201 g/mol. The van der Waals surface area contributed by atoms with Gasteiger partial charge in [-0.15, -0.1) is 0 Å². The van der Waals surface area contributed by atoms with Crippen LogP contribution in [0.25, 0.3) is 0 Å². The van der Waals surface area contributed by atoms with Crippen molar-refractivity contribution in [3.05, 3.63) is 0 Å². The van der Waals surface area contributed by atoms with Crippen molar-refractivity contribution < 1.29 is 9.53 Å². The largest absolute Gasteiger partial charge is 0.380 e. The lowest BCUT2D eigenvalue weighted by atomic mass is 10.0. The van der Waals surface area contributed by atoms with Crippen molar-refractivity contribution in [3.8, 4) is 0 Å². The van der Waals surface area contributed by atoms with E-state index in [1.165, 1.54) is 19.8 Å². The van der Waals surface area contributed by atoms with Crippen molar-refractivity contribution in [3.63, 3.8) is 0 Å². The molecule has 0 aliphatic rings. The van der Waals surface area contributed by atoms with Crippen molar-refractivity contribution >= 4 is 5.91 Å². The first-order valence-electron chi connectivity index (χ1n) is 5.49. The molecule has 0 aliphatic heterocycles. The zero-order valence-corrected chi connectivity index (χ0v) is 9.64. The maximum absolute atomic E-state index is 10.5. The van der Waals surface area contributed by atoms with Gasteiger partial charge in [-0.05, 0) is 12.3 Å². The Morgan fingerprint density at radius 1 is 1.36 bits per heavy atom. The number of hydrogen-bond acceptors (Lipinski definition) is 2. The molecule has 0 saturated carbocycles. The van der Waals surface area contributed by atoms with Gasteiger partial charge in [-0.2, -0.15) is 0 Å². The highest BCUT2D eigenvalue weighted by molar-refractivity contribution is 5.72. The molecule has 0 fully saturated rings. The summed E-state index contributed by atoms with van der Waals surface area (Å²) in [5.41, 5.74) is 0. The number of amides is 1. The Hall–Kier alpha value is -0.570. The molecule has 1 N–H and O–H groups in total. The number of ether oxygens (including phenoxy) is 1. The smallest absolute Gasteiger partial charge is 0.216 e. The highest BCUT2D eigenvalue weighted by atomic mass is 16.5. The molecule has 14 heavy (non-hydrogen) atoms. The number of nitrogens with one attached hydrogen (secondary N) is 1. The van der Waals surface area contributed by atoms with Crippen molar-refractivity contribution in [2.75, 3.05) is 19.8 Å². The van der Waals surface area contributed by atoms with Gasteiger partial charge in [-0.1, -0.05) is 26.7 Å². The van der Waals surface area contributed by atoms with E-state index >= 15 is 0 Å². The minimum atomic E-state index is 0.00736. The molecule has 0 bridgehead atoms. The third-order valence-electron chi connectivity index (χ3n) is 2.16. The summed E-state index contributed by atoms with van der Waals surface area (Å²) in [6.45, 7) is 8.02. The Kier molecular flexibility index (Phi) is 8.64. The summed E-state index contributed by atoms with van der Waals surface area (Å²) in [5, 5.41) is 2.69. The van der Waals surface area contributed by atoms with Crippen LogP contribution < -0.4 is 5.32 Å². The van der Waals surface area contributed by atoms with E-state index in [0.29, 0.717) is 13.2 Å². The predicted octanol–water partition coefficient (Wildman–Crippen LogP) is 1.97. The van der Waals surface area contributed by atoms with E-state index in [2.05, 4.69) is 19.2 Å². The molecule has 0 aromatic heterocycles. The summed E-state index contributed by atoms with van der Waals surface area (Å²) in [6, 6.07) is 0. The summed E-state index contributed by atoms with van der Waals surface area (Å²) in [4.78, 5) is 10.5. The third-order valence-corrected chi connectivity index (χ3v) is 2.16. The van der Waals surface area contributed by atoms with E-state index in [1.807, 2.05) is 0 Å². The molecule has 3 nitrogen and oxygen atoms in total. The SMILES string of the molecule is CCCC(C)CCOCCNC(C)=O. The molecule has 0 aliphatic carbocycles. The average Bonchev–Trinajstić information content (AvgIpc) is 2.11. The number of carbonyl (C=O) groups is 1. The molecule has 0 aromatic rings. The van der Waals surface area contributed by atoms with E-state index in [0.717, 1.165) is 18.9 Å². The topological polar surface area (TPSA) is 38.3 Å². The Morgan fingerprint density at radius 3 is 2.64 bits per heavy atom. The van der Waals surface area contributed by atoms with Crippen molar-refractivity contribution in [2.24, 2.45) is 5.92 Å². The van der Waals surface area contributed by atoms with Crippen LogP contribution in [0.2, 0.25) is 0 Å². The molecule has 1 amide bonds. The minimum absolute atomic E-state index is 0.00736. The number of hydrogen-bond donors (Lipinski definition) is 1. The second kappa shape index (κ2) is 9.00. The Balaban J connectivity index is 3.09. The van der Waals surface area contributed by atoms with Crippen molar-refractivity contribution in [1.29, 1.82) is 0 Å². The zero-order valence-electron chi connectivity index (χ0n) is 9.64. The number of rotatable bonds is 8. The molecule has 1 unspecified atom stereocenters. The first kappa shape index (κ1) is 13.4. The van der Waals surface area contributed by atoms with Gasteiger partial charge in [0.2, 0.25) is 5.91 Å². The summed E-state index contributed by atoms with van der Waals surface area (Å²) >= 11 is 0. The van der Waals surface area contributed by atoms with Gasteiger partial charge in [-0.25, -0.2) is 0 Å². The molecular formula is C11H23NO2. The van der Waals surface area contributed by atoms with Crippen LogP contribution in [0.1, 0.15) is 40.0 Å². The van der Waals surface area contributed by atoms with E-state index in [1.54, 1.807) is 0 Å². The Bertz CT molecular complexity index is 148. The van der Waals surface area contributed by atoms with Gasteiger partial charge < -0.3 is 10.1 Å². The molecule has 0 spiro atoms. The number of carbonyl (C=O) groups excluding carboxylic acids is 1. The highest BCUT2D eigenvalue weighted by Crippen LogP contribution is 2.09. The van der Waals surface area contributed by atoms with Crippen LogP contribution in [0, 0.1) is 5.92 Å². The van der Waals surface area contributed by atoms with Gasteiger partial charge in [0.05, 0.1) is 6.61 Å². The molecule has 0 aromatic carbocycles. The minimum Gasteiger partial charge on any atom is -0.380 e. The van der Waals surface area contributed by atoms with Crippen LogP contribution in [-0.4, -0.2) is 25.7 Å². The normalized spacial score (nSPS) is 12.5. The van der Waals surface area contributed by atoms with Crippen LogP contribution in [0.5, 0.6) is 0 Å². The average molecular weight is 201 g/mol. The first-order chi connectivity index (χ1) is 6.66. The lowest BCUT2D eigenvalue weighted by Gasteiger charge is -2.10. The fraction of sp³-hybridized carbons (Fsp3) is 0.909. The van der Waals surface area contributed by atoms with Gasteiger partial charge in [0.15, 0.2) is 0 Å². The Labute approximate surface area is 87.2 Å². The van der Waals surface area contributed by atoms with Gasteiger partial charge in [0.25, 0.3) is 0 Å². The van der Waals surface area contributed by atoms with Crippen LogP contribution in [-0.2, 0) is 9.53 Å². The van der Waals surface area contributed by atoms with E-state index in [-0.39, 0.29) is 5.91 Å². The van der Waals surface area contributed by atoms with Gasteiger partial charge in [0, 0.05) is 20.1 Å². The standard InChI is InChI=1S/C11H23NO2/c1-4-5-10(2)6-8-14-9-7-12-11(3)13/h10H,4-9H2,1-3H3,(H,12,13). The molecule has 1 atom stereocenters. The molecule has 0 radical (unpaired) electrons. The molecular weight excluding hydrogens is 178 g/mol. The molecule has 0 saturated heterocycles. The van der Waals surface area contributed by atoms with Crippen LogP contribution in [0.3, 0.4) is 0 Å². The molecule has 3 heteroatoms. The molecule has 0 heterocycles. The zero-order chi connectivity index (χ0) is 10.8. The maximum atomic E-state index is 10.5. The maximum Gasteiger partial charge on any atom is 0.216 e. The summed E-state index contributed by atoms with van der Waals surface area (Å²) in [7, 11) is 0. The lowest BCUT2D eigenvalue weighted by molar-refractivity contribution is -0.119. The second-order valence-corrected chi connectivity index (χ2v) is 3.78. The summed E-state index contributed by atoms with van der Waals surface area (Å²) < 4.78 is 5.39. The third kappa shape index (κ3) is 9.52. The van der Waals surface area contributed by atoms with Crippen molar-refractivity contribution in [2.45, 2.75) is 40.0 Å². The lowest BCUT2D eigenvalue weighted by Crippen LogP contribution is -2.24. The van der Waals surface area contributed by atoms with Gasteiger partial charge in [0.1, 0.15) is 0 Å². The quantitative estimate of drug-likeness (QED) is 0.610. The second-order valence-electron chi connectivity index (χ2n) is 3.78. The van der Waals surface area contributed by atoms with Crippen LogP contribution >= 0.6 is 0 Å². The van der Waals surface area contributed by atoms with Gasteiger partial charge in [-0.3, -0.25) is 4.79 Å². The van der Waals surface area contributed by atoms with E-state index < -0.39 is 0 Å². The predicted molar refractivity (Wildman–Crippen MR) is 58.2 cm³/mol. The first-order valence-corrected chi connectivity index (χ1v) is 5.49. The summed E-state index contributed by atoms with van der Waals surface area (Å²) in [6.07, 6.45) is 3.63. The van der Waals surface area contributed by atoms with E-state index in [4.69, 9.17) is 4.74 Å². The fourth-order valence-electron chi connectivity index (χ4n) is 1.32.